The molecule has 168 valence electrons. The zero-order valence-corrected chi connectivity index (χ0v) is 19.7. The lowest BCUT2D eigenvalue weighted by molar-refractivity contribution is -0.137. The van der Waals surface area contributed by atoms with E-state index in [2.05, 4.69) is 28.5 Å². The van der Waals surface area contributed by atoms with Crippen LogP contribution < -0.4 is 10.1 Å². The van der Waals surface area contributed by atoms with Gasteiger partial charge in [0.05, 0.1) is 5.92 Å². The highest BCUT2D eigenvalue weighted by molar-refractivity contribution is 7.90. The van der Waals surface area contributed by atoms with Crippen molar-refractivity contribution in [3.63, 3.8) is 0 Å². The van der Waals surface area contributed by atoms with E-state index in [0.717, 1.165) is 18.7 Å². The Hall–Kier alpha value is -2.42. The van der Waals surface area contributed by atoms with E-state index in [4.69, 9.17) is 4.74 Å². The van der Waals surface area contributed by atoms with Crippen LogP contribution in [0, 0.1) is 5.92 Å². The molecule has 0 saturated carbocycles. The summed E-state index contributed by atoms with van der Waals surface area (Å²) in [4.78, 5) is 14.5. The zero-order valence-electron chi connectivity index (χ0n) is 18.1. The second-order valence-electron chi connectivity index (χ2n) is 7.40. The van der Waals surface area contributed by atoms with Gasteiger partial charge in [-0.25, -0.2) is 0 Å². The highest BCUT2D eigenvalue weighted by Crippen LogP contribution is 2.29. The molecule has 7 nitrogen and oxygen atoms in total. The first-order valence-corrected chi connectivity index (χ1v) is 11.5. The summed E-state index contributed by atoms with van der Waals surface area (Å²) in [7, 11) is -3.70. The predicted octanol–water partition coefficient (Wildman–Crippen LogP) is 4.07. The Morgan fingerprint density at radius 2 is 1.81 bits per heavy atom. The third-order valence-electron chi connectivity index (χ3n) is 4.93. The molecule has 0 spiro atoms. The topological polar surface area (TPSA) is 88.1 Å². The minimum Gasteiger partial charge on any atom is -0.426 e. The summed E-state index contributed by atoms with van der Waals surface area (Å²) in [6.45, 7) is 10.0. The summed E-state index contributed by atoms with van der Waals surface area (Å²) >= 11 is 0. The van der Waals surface area contributed by atoms with Gasteiger partial charge in [-0.1, -0.05) is 39.8 Å². The Morgan fingerprint density at radius 1 is 1.13 bits per heavy atom. The number of carbonyl (C=O) groups excluding carboxylic acids is 1. The SMILES string of the molecule is CCN(CC)Cc1cc(NC2=NS(=O)(=O)c3ccccc32)ccc1OC(=O)C(C)C.Cl. The zero-order chi connectivity index (χ0) is 21.9. The molecule has 9 heteroatoms. The molecule has 2 aromatic carbocycles. The largest absolute Gasteiger partial charge is 0.426 e. The average Bonchev–Trinajstić information content (AvgIpc) is 2.98. The highest BCUT2D eigenvalue weighted by atomic mass is 35.5. The lowest BCUT2D eigenvalue weighted by atomic mass is 10.1. The van der Waals surface area contributed by atoms with Crippen LogP contribution in [-0.4, -0.2) is 38.2 Å². The molecule has 0 fully saturated rings. The fourth-order valence-electron chi connectivity index (χ4n) is 3.13. The smallest absolute Gasteiger partial charge is 0.313 e. The van der Waals surface area contributed by atoms with E-state index in [1.807, 2.05) is 6.07 Å². The Morgan fingerprint density at radius 3 is 2.45 bits per heavy atom. The Kier molecular flexibility index (Phi) is 8.22. The van der Waals surface area contributed by atoms with E-state index in [1.54, 1.807) is 50.2 Å². The van der Waals surface area contributed by atoms with Gasteiger partial charge >= 0.3 is 5.97 Å². The Balaban J connectivity index is 0.00000341. The fraction of sp³-hybridized carbons (Fsp3) is 0.364. The molecule has 1 N–H and O–H groups in total. The number of benzene rings is 2. The van der Waals surface area contributed by atoms with Crippen LogP contribution in [0.3, 0.4) is 0 Å². The molecule has 0 aromatic heterocycles. The van der Waals surface area contributed by atoms with E-state index >= 15 is 0 Å². The molecular formula is C22H28ClN3O4S. The van der Waals surface area contributed by atoms with E-state index < -0.39 is 10.0 Å². The van der Waals surface area contributed by atoms with E-state index in [-0.39, 0.29) is 35.0 Å². The maximum Gasteiger partial charge on any atom is 0.313 e. The van der Waals surface area contributed by atoms with Gasteiger partial charge in [0.25, 0.3) is 10.0 Å². The number of hydrogen-bond acceptors (Lipinski definition) is 6. The fourth-order valence-corrected chi connectivity index (χ4v) is 4.30. The maximum atomic E-state index is 12.3. The number of amidine groups is 1. The van der Waals surface area contributed by atoms with Gasteiger partial charge in [0.15, 0.2) is 5.84 Å². The van der Waals surface area contributed by atoms with Gasteiger partial charge < -0.3 is 10.1 Å². The number of ether oxygens (including phenoxy) is 1. The van der Waals surface area contributed by atoms with Gasteiger partial charge in [0, 0.05) is 23.4 Å². The number of nitrogens with one attached hydrogen (secondary N) is 1. The summed E-state index contributed by atoms with van der Waals surface area (Å²) in [5, 5.41) is 3.12. The number of nitrogens with zero attached hydrogens (tertiary/aromatic N) is 2. The van der Waals surface area contributed by atoms with Crippen molar-refractivity contribution in [2.75, 3.05) is 18.4 Å². The molecule has 0 atom stereocenters. The van der Waals surface area contributed by atoms with Crippen LogP contribution >= 0.6 is 12.4 Å². The predicted molar refractivity (Wildman–Crippen MR) is 125 cm³/mol. The van der Waals surface area contributed by atoms with Gasteiger partial charge in [-0.3, -0.25) is 9.69 Å². The van der Waals surface area contributed by atoms with Gasteiger partial charge in [0.1, 0.15) is 10.6 Å². The number of anilines is 1. The van der Waals surface area contributed by atoms with Crippen LogP contribution in [0.2, 0.25) is 0 Å². The molecule has 3 rings (SSSR count). The van der Waals surface area contributed by atoms with Crippen LogP contribution in [0.15, 0.2) is 51.8 Å². The quantitative estimate of drug-likeness (QED) is 0.489. The summed E-state index contributed by atoms with van der Waals surface area (Å²) in [5.41, 5.74) is 2.05. The second-order valence-corrected chi connectivity index (χ2v) is 8.97. The molecule has 31 heavy (non-hydrogen) atoms. The van der Waals surface area contributed by atoms with Crippen LogP contribution in [0.25, 0.3) is 0 Å². The van der Waals surface area contributed by atoms with Crippen molar-refractivity contribution in [1.29, 1.82) is 0 Å². The van der Waals surface area contributed by atoms with Crippen LogP contribution in [0.5, 0.6) is 5.75 Å². The first kappa shape index (κ1) is 24.8. The van der Waals surface area contributed by atoms with E-state index in [1.165, 1.54) is 0 Å². The van der Waals surface area contributed by atoms with E-state index in [9.17, 15) is 13.2 Å². The third-order valence-corrected chi connectivity index (χ3v) is 6.26. The molecule has 0 amide bonds. The monoisotopic (exact) mass is 465 g/mol. The number of esters is 1. The van der Waals surface area contributed by atoms with Crippen molar-refractivity contribution < 1.29 is 17.9 Å². The maximum absolute atomic E-state index is 12.3. The van der Waals surface area contributed by atoms with Crippen LogP contribution in [0.4, 0.5) is 5.69 Å². The molecule has 0 aliphatic carbocycles. The molecule has 1 aliphatic heterocycles. The van der Waals surface area contributed by atoms with Crippen LogP contribution in [0.1, 0.15) is 38.8 Å². The number of sulfonamides is 1. The number of hydrogen-bond donors (Lipinski definition) is 1. The Bertz CT molecular complexity index is 1080. The average molecular weight is 466 g/mol. The van der Waals surface area contributed by atoms with Crippen molar-refractivity contribution >= 4 is 39.9 Å². The molecule has 1 heterocycles. The van der Waals surface area contributed by atoms with Crippen molar-refractivity contribution in [2.45, 2.75) is 39.1 Å². The number of halogens is 1. The van der Waals surface area contributed by atoms with Crippen molar-refractivity contribution in [3.8, 4) is 5.75 Å². The molecule has 0 radical (unpaired) electrons. The van der Waals surface area contributed by atoms with Crippen molar-refractivity contribution in [2.24, 2.45) is 10.3 Å². The Labute approximate surface area is 190 Å². The van der Waals surface area contributed by atoms with Gasteiger partial charge in [-0.15, -0.1) is 16.8 Å². The summed E-state index contributed by atoms with van der Waals surface area (Å²) < 4.78 is 34.1. The molecule has 0 unspecified atom stereocenters. The summed E-state index contributed by atoms with van der Waals surface area (Å²) in [6.07, 6.45) is 0. The number of carbonyl (C=O) groups is 1. The first-order chi connectivity index (χ1) is 14.2. The van der Waals surface area contributed by atoms with Gasteiger partial charge in [-0.2, -0.15) is 8.42 Å². The number of fused-ring (bicyclic) bond motifs is 1. The van der Waals surface area contributed by atoms with E-state index in [0.29, 0.717) is 23.5 Å². The normalized spacial score (nSPS) is 14.1. The third kappa shape index (κ3) is 5.64. The highest BCUT2D eigenvalue weighted by Gasteiger charge is 2.28. The second kappa shape index (κ2) is 10.3. The van der Waals surface area contributed by atoms with Gasteiger partial charge in [0.2, 0.25) is 0 Å². The first-order valence-electron chi connectivity index (χ1n) is 10.0. The van der Waals surface area contributed by atoms with Crippen molar-refractivity contribution in [3.05, 3.63) is 53.6 Å². The number of rotatable bonds is 7. The lowest BCUT2D eigenvalue weighted by Crippen LogP contribution is -2.23. The lowest BCUT2D eigenvalue weighted by Gasteiger charge is -2.21. The van der Waals surface area contributed by atoms with Gasteiger partial charge in [-0.05, 0) is 43.4 Å². The molecule has 0 bridgehead atoms. The van der Waals surface area contributed by atoms with Crippen LogP contribution in [-0.2, 0) is 21.4 Å². The van der Waals surface area contributed by atoms with Crippen molar-refractivity contribution in [1.82, 2.24) is 4.90 Å². The molecule has 0 saturated heterocycles. The summed E-state index contributed by atoms with van der Waals surface area (Å²) in [5.74, 6) is 0.259. The minimum absolute atomic E-state index is 0. The molecular weight excluding hydrogens is 438 g/mol. The molecule has 1 aliphatic rings. The summed E-state index contributed by atoms with van der Waals surface area (Å²) in [6, 6.07) is 12.1. The standard InChI is InChI=1S/C22H27N3O4S.ClH/c1-5-25(6-2)14-16-13-17(11-12-19(16)29-22(26)15(3)4)23-21-18-9-7-8-10-20(18)30(27,28)24-21;/h7-13,15H,5-6,14H2,1-4H3,(H,23,24);1H. The molecule has 2 aromatic rings. The minimum atomic E-state index is -3.70.